The largest absolute Gasteiger partial charge is 0.449 e. The lowest BCUT2D eigenvalue weighted by molar-refractivity contribution is 0.133. The highest BCUT2D eigenvalue weighted by molar-refractivity contribution is 7.97. The van der Waals surface area contributed by atoms with Crippen LogP contribution in [-0.2, 0) is 11.2 Å². The monoisotopic (exact) mass is 224 g/mol. The lowest BCUT2D eigenvalue weighted by atomic mass is 10.2. The van der Waals surface area contributed by atoms with Gasteiger partial charge in [0.15, 0.2) is 0 Å². The van der Waals surface area contributed by atoms with Crippen molar-refractivity contribution in [3.8, 4) is 0 Å². The highest BCUT2D eigenvalue weighted by Crippen LogP contribution is 2.30. The minimum Gasteiger partial charge on any atom is -0.449 e. The Kier molecular flexibility index (Phi) is 3.11. The van der Waals surface area contributed by atoms with Gasteiger partial charge in [-0.2, -0.15) is 0 Å². The van der Waals surface area contributed by atoms with Gasteiger partial charge in [-0.05, 0) is 31.0 Å². The molecule has 0 bridgehead atoms. The fourth-order valence-corrected chi connectivity index (χ4v) is 2.34. The van der Waals surface area contributed by atoms with Crippen LogP contribution in [0.15, 0.2) is 23.2 Å². The molecular formula is C10H12N2O2S. The van der Waals surface area contributed by atoms with Gasteiger partial charge in [-0.15, -0.1) is 0 Å². The molecule has 0 aliphatic carbocycles. The first-order valence-corrected chi connectivity index (χ1v) is 5.64. The van der Waals surface area contributed by atoms with E-state index in [4.69, 9.17) is 4.74 Å². The fraction of sp³-hybridized carbons (Fsp3) is 0.400. The minimum atomic E-state index is -0.267. The third-order valence-corrected chi connectivity index (χ3v) is 3.20. The molecule has 0 fully saturated rings. The van der Waals surface area contributed by atoms with Gasteiger partial charge >= 0.3 is 6.09 Å². The van der Waals surface area contributed by atoms with E-state index < -0.39 is 0 Å². The van der Waals surface area contributed by atoms with Crippen molar-refractivity contribution in [2.24, 2.45) is 0 Å². The van der Waals surface area contributed by atoms with Gasteiger partial charge in [-0.1, -0.05) is 0 Å². The first-order valence-electron chi connectivity index (χ1n) is 4.87. The number of hydrogen-bond donors (Lipinski definition) is 0. The van der Waals surface area contributed by atoms with Crippen molar-refractivity contribution in [3.05, 3.63) is 24.0 Å². The summed E-state index contributed by atoms with van der Waals surface area (Å²) in [5.74, 6) is 0. The van der Waals surface area contributed by atoms with Crippen molar-refractivity contribution in [3.63, 3.8) is 0 Å². The topological polar surface area (TPSA) is 42.4 Å². The molecule has 0 radical (unpaired) electrons. The zero-order valence-corrected chi connectivity index (χ0v) is 9.29. The average molecular weight is 224 g/mol. The van der Waals surface area contributed by atoms with Gasteiger partial charge in [0.05, 0.1) is 17.2 Å². The summed E-state index contributed by atoms with van der Waals surface area (Å²) in [5, 5.41) is 0. The van der Waals surface area contributed by atoms with Gasteiger partial charge < -0.3 is 4.74 Å². The van der Waals surface area contributed by atoms with E-state index in [2.05, 4.69) is 4.98 Å². The van der Waals surface area contributed by atoms with Crippen LogP contribution in [0.4, 0.5) is 4.79 Å². The summed E-state index contributed by atoms with van der Waals surface area (Å²) >= 11 is 1.40. The van der Waals surface area contributed by atoms with Crippen molar-refractivity contribution < 1.29 is 9.53 Å². The summed E-state index contributed by atoms with van der Waals surface area (Å²) in [6.07, 6.45) is 2.30. The highest BCUT2D eigenvalue weighted by Gasteiger charge is 2.22. The molecule has 15 heavy (non-hydrogen) atoms. The Morgan fingerprint density at radius 1 is 1.73 bits per heavy atom. The number of amides is 1. The SMILES string of the molecule is CCOC(=O)N1CCc2ncccc2S1. The predicted molar refractivity (Wildman–Crippen MR) is 57.5 cm³/mol. The third-order valence-electron chi connectivity index (χ3n) is 2.08. The molecule has 0 unspecified atom stereocenters. The Balaban J connectivity index is 2.08. The van der Waals surface area contributed by atoms with E-state index in [1.165, 1.54) is 11.9 Å². The molecule has 1 aromatic rings. The first kappa shape index (κ1) is 10.3. The van der Waals surface area contributed by atoms with Crippen LogP contribution in [0, 0.1) is 0 Å². The highest BCUT2D eigenvalue weighted by atomic mass is 32.2. The summed E-state index contributed by atoms with van der Waals surface area (Å²) in [6.45, 7) is 2.88. The quantitative estimate of drug-likeness (QED) is 0.685. The van der Waals surface area contributed by atoms with Crippen molar-refractivity contribution in [1.82, 2.24) is 9.29 Å². The van der Waals surface area contributed by atoms with Crippen molar-refractivity contribution in [2.45, 2.75) is 18.2 Å². The number of nitrogens with zero attached hydrogens (tertiary/aromatic N) is 2. The van der Waals surface area contributed by atoms with E-state index in [1.807, 2.05) is 19.1 Å². The van der Waals surface area contributed by atoms with Gasteiger partial charge in [0.1, 0.15) is 0 Å². The summed E-state index contributed by atoms with van der Waals surface area (Å²) in [6, 6.07) is 3.85. The van der Waals surface area contributed by atoms with Crippen LogP contribution in [0.1, 0.15) is 12.6 Å². The lowest BCUT2D eigenvalue weighted by Crippen LogP contribution is -2.30. The third kappa shape index (κ3) is 2.23. The van der Waals surface area contributed by atoms with E-state index in [-0.39, 0.29) is 6.09 Å². The molecule has 0 spiro atoms. The molecule has 1 aromatic heterocycles. The van der Waals surface area contributed by atoms with Crippen molar-refractivity contribution in [1.29, 1.82) is 0 Å². The smallest absolute Gasteiger partial charge is 0.420 e. The Labute approximate surface area is 92.8 Å². The maximum absolute atomic E-state index is 11.5. The molecule has 0 atom stereocenters. The summed E-state index contributed by atoms with van der Waals surface area (Å²) < 4.78 is 6.57. The van der Waals surface area contributed by atoms with E-state index in [0.717, 1.165) is 17.0 Å². The molecule has 4 nitrogen and oxygen atoms in total. The van der Waals surface area contributed by atoms with Crippen molar-refractivity contribution >= 4 is 18.0 Å². The summed E-state index contributed by atoms with van der Waals surface area (Å²) in [5.41, 5.74) is 1.06. The summed E-state index contributed by atoms with van der Waals surface area (Å²) in [7, 11) is 0. The van der Waals surface area contributed by atoms with Gasteiger partial charge in [0, 0.05) is 19.2 Å². The van der Waals surface area contributed by atoms with Crippen molar-refractivity contribution in [2.75, 3.05) is 13.2 Å². The number of carbonyl (C=O) groups is 1. The van der Waals surface area contributed by atoms with E-state index >= 15 is 0 Å². The summed E-state index contributed by atoms with van der Waals surface area (Å²) in [4.78, 5) is 16.8. The van der Waals surface area contributed by atoms with E-state index in [1.54, 1.807) is 10.5 Å². The molecule has 80 valence electrons. The number of ether oxygens (including phenoxy) is 1. The van der Waals surface area contributed by atoms with Crippen LogP contribution in [0.5, 0.6) is 0 Å². The maximum Gasteiger partial charge on any atom is 0.420 e. The number of rotatable bonds is 1. The fourth-order valence-electron chi connectivity index (χ4n) is 1.39. The van der Waals surface area contributed by atoms with Gasteiger partial charge in [0.25, 0.3) is 0 Å². The number of pyridine rings is 1. The second-order valence-electron chi connectivity index (χ2n) is 3.09. The van der Waals surface area contributed by atoms with E-state index in [0.29, 0.717) is 13.2 Å². The van der Waals surface area contributed by atoms with Crippen LogP contribution >= 0.6 is 11.9 Å². The molecule has 0 N–H and O–H groups in total. The molecule has 2 heterocycles. The molecular weight excluding hydrogens is 212 g/mol. The minimum absolute atomic E-state index is 0.267. The Morgan fingerprint density at radius 3 is 3.40 bits per heavy atom. The first-order chi connectivity index (χ1) is 7.31. The molecule has 1 aliphatic heterocycles. The average Bonchev–Trinajstić information content (AvgIpc) is 2.29. The predicted octanol–water partition coefficient (Wildman–Crippen LogP) is 2.10. The second kappa shape index (κ2) is 4.53. The molecule has 2 rings (SSSR count). The normalized spacial score (nSPS) is 14.6. The van der Waals surface area contributed by atoms with Gasteiger partial charge in [0.2, 0.25) is 0 Å². The second-order valence-corrected chi connectivity index (χ2v) is 4.15. The Bertz CT molecular complexity index is 370. The number of aromatic nitrogens is 1. The number of hydrogen-bond acceptors (Lipinski definition) is 4. The zero-order chi connectivity index (χ0) is 10.7. The van der Waals surface area contributed by atoms with Crippen LogP contribution in [0.3, 0.4) is 0 Å². The molecule has 0 aromatic carbocycles. The van der Waals surface area contributed by atoms with Crippen LogP contribution in [-0.4, -0.2) is 28.5 Å². The molecule has 1 aliphatic rings. The molecule has 0 saturated heterocycles. The lowest BCUT2D eigenvalue weighted by Gasteiger charge is -2.25. The van der Waals surface area contributed by atoms with Crippen LogP contribution in [0.2, 0.25) is 0 Å². The molecule has 5 heteroatoms. The molecule has 0 saturated carbocycles. The van der Waals surface area contributed by atoms with E-state index in [9.17, 15) is 4.79 Å². The standard InChI is InChI=1S/C10H12N2O2S/c1-2-14-10(13)12-7-5-8-9(15-12)4-3-6-11-8/h3-4,6H,2,5,7H2,1H3. The van der Waals surface area contributed by atoms with Gasteiger partial charge in [-0.3, -0.25) is 4.98 Å². The molecule has 1 amide bonds. The maximum atomic E-state index is 11.5. The van der Waals surface area contributed by atoms with Gasteiger partial charge in [-0.25, -0.2) is 9.10 Å². The van der Waals surface area contributed by atoms with Crippen LogP contribution < -0.4 is 0 Å². The number of fused-ring (bicyclic) bond motifs is 1. The Morgan fingerprint density at radius 2 is 2.60 bits per heavy atom. The van der Waals surface area contributed by atoms with Crippen LogP contribution in [0.25, 0.3) is 0 Å². The Hall–Kier alpha value is -1.23. The number of carbonyl (C=O) groups excluding carboxylic acids is 1. The zero-order valence-electron chi connectivity index (χ0n) is 8.47.